The first kappa shape index (κ1) is 13.3. The Hall–Kier alpha value is -1.70. The van der Waals surface area contributed by atoms with Gasteiger partial charge in [-0.1, -0.05) is 12.1 Å². The topological polar surface area (TPSA) is 43.8 Å². The number of anilines is 1. The van der Waals surface area contributed by atoms with E-state index in [1.807, 2.05) is 22.6 Å². The molecule has 0 fully saturated rings. The highest BCUT2D eigenvalue weighted by molar-refractivity contribution is 14.1. The van der Waals surface area contributed by atoms with Crippen LogP contribution in [-0.4, -0.2) is 9.55 Å². The molecule has 0 aliphatic heterocycles. The van der Waals surface area contributed by atoms with Crippen LogP contribution in [0.2, 0.25) is 0 Å². The molecule has 102 valence electrons. The van der Waals surface area contributed by atoms with Crippen LogP contribution in [0.1, 0.15) is 5.56 Å². The zero-order chi connectivity index (χ0) is 14.4. The maximum Gasteiger partial charge on any atom is 0.206 e. The van der Waals surface area contributed by atoms with Gasteiger partial charge in [0.25, 0.3) is 0 Å². The molecule has 0 atom stereocenters. The highest BCUT2D eigenvalue weighted by Crippen LogP contribution is 2.29. The molecule has 1 aromatic heterocycles. The van der Waals surface area contributed by atoms with E-state index in [2.05, 4.69) is 4.98 Å². The lowest BCUT2D eigenvalue weighted by molar-refractivity contribution is 0.615. The van der Waals surface area contributed by atoms with Crippen molar-refractivity contribution in [2.45, 2.75) is 6.92 Å². The highest BCUT2D eigenvalue weighted by atomic mass is 127. The fourth-order valence-electron chi connectivity index (χ4n) is 2.23. The molecular weight excluding hydrogens is 375 g/mol. The zero-order valence-corrected chi connectivity index (χ0v) is 12.6. The fourth-order valence-corrected chi connectivity index (χ4v) is 2.68. The van der Waals surface area contributed by atoms with Crippen LogP contribution in [0.15, 0.2) is 30.3 Å². The molecule has 20 heavy (non-hydrogen) atoms. The molecule has 0 amide bonds. The molecule has 0 bridgehead atoms. The first-order valence-electron chi connectivity index (χ1n) is 5.87. The van der Waals surface area contributed by atoms with Gasteiger partial charge >= 0.3 is 0 Å². The standard InChI is InChI=1S/C14H10F2IN3/c1-7-3-2-4-8(15)13(7)20-12-5-9(16)10(17)6-11(12)19-14(20)18/h2-6H,1H3,(H2,18,19). The molecule has 0 saturated heterocycles. The van der Waals surface area contributed by atoms with E-state index in [1.54, 1.807) is 25.1 Å². The van der Waals surface area contributed by atoms with E-state index in [4.69, 9.17) is 5.73 Å². The summed E-state index contributed by atoms with van der Waals surface area (Å²) in [7, 11) is 0. The van der Waals surface area contributed by atoms with Crippen LogP contribution < -0.4 is 5.73 Å². The molecule has 6 heteroatoms. The highest BCUT2D eigenvalue weighted by Gasteiger charge is 2.17. The second-order valence-electron chi connectivity index (χ2n) is 4.47. The molecule has 2 aromatic carbocycles. The molecule has 2 N–H and O–H groups in total. The van der Waals surface area contributed by atoms with E-state index in [0.717, 1.165) is 0 Å². The summed E-state index contributed by atoms with van der Waals surface area (Å²) in [5.41, 5.74) is 7.88. The summed E-state index contributed by atoms with van der Waals surface area (Å²) in [4.78, 5) is 4.18. The van der Waals surface area contributed by atoms with Crippen molar-refractivity contribution in [2.75, 3.05) is 5.73 Å². The van der Waals surface area contributed by atoms with E-state index >= 15 is 0 Å². The van der Waals surface area contributed by atoms with Gasteiger partial charge in [0.15, 0.2) is 0 Å². The Morgan fingerprint density at radius 3 is 2.65 bits per heavy atom. The Balaban J connectivity index is 2.42. The average molecular weight is 385 g/mol. The minimum atomic E-state index is -0.421. The summed E-state index contributed by atoms with van der Waals surface area (Å²) < 4.78 is 29.8. The smallest absolute Gasteiger partial charge is 0.206 e. The number of imidazole rings is 1. The van der Waals surface area contributed by atoms with Crippen molar-refractivity contribution in [3.63, 3.8) is 0 Å². The van der Waals surface area contributed by atoms with Crippen LogP contribution in [0.3, 0.4) is 0 Å². The second-order valence-corrected chi connectivity index (χ2v) is 5.63. The molecule has 3 rings (SSSR count). The minimum absolute atomic E-state index is 0.134. The summed E-state index contributed by atoms with van der Waals surface area (Å²) >= 11 is 1.88. The van der Waals surface area contributed by atoms with Crippen molar-refractivity contribution in [1.82, 2.24) is 9.55 Å². The van der Waals surface area contributed by atoms with Gasteiger partial charge in [0, 0.05) is 6.07 Å². The van der Waals surface area contributed by atoms with Gasteiger partial charge in [-0.3, -0.25) is 4.57 Å². The number of para-hydroxylation sites is 1. The molecular formula is C14H10F2IN3. The predicted octanol–water partition coefficient (Wildman–Crippen LogP) is 3.80. The number of hydrogen-bond acceptors (Lipinski definition) is 2. The third-order valence-electron chi connectivity index (χ3n) is 3.13. The molecule has 0 spiro atoms. The van der Waals surface area contributed by atoms with Crippen LogP contribution in [0.4, 0.5) is 14.7 Å². The number of nitrogen functional groups attached to an aromatic ring is 1. The van der Waals surface area contributed by atoms with Gasteiger partial charge in [0.2, 0.25) is 5.95 Å². The minimum Gasteiger partial charge on any atom is -0.369 e. The summed E-state index contributed by atoms with van der Waals surface area (Å²) in [6.45, 7) is 1.77. The van der Waals surface area contributed by atoms with Crippen molar-refractivity contribution in [1.29, 1.82) is 0 Å². The van der Waals surface area contributed by atoms with E-state index in [9.17, 15) is 8.78 Å². The van der Waals surface area contributed by atoms with Crippen molar-refractivity contribution in [3.8, 4) is 5.69 Å². The summed E-state index contributed by atoms with van der Waals surface area (Å²) in [6.07, 6.45) is 0. The Labute approximate surface area is 127 Å². The number of rotatable bonds is 1. The first-order chi connectivity index (χ1) is 9.49. The SMILES string of the molecule is Cc1cccc(F)c1-n1c(N)nc2cc(I)c(F)cc21. The van der Waals surface area contributed by atoms with Gasteiger partial charge in [-0.05, 0) is 47.2 Å². The number of benzene rings is 2. The monoisotopic (exact) mass is 385 g/mol. The Kier molecular flexibility index (Phi) is 3.12. The van der Waals surface area contributed by atoms with E-state index in [-0.39, 0.29) is 11.8 Å². The third kappa shape index (κ3) is 1.94. The maximum absolute atomic E-state index is 14.1. The second kappa shape index (κ2) is 4.69. The Morgan fingerprint density at radius 1 is 1.20 bits per heavy atom. The van der Waals surface area contributed by atoms with Gasteiger partial charge in [-0.15, -0.1) is 0 Å². The maximum atomic E-state index is 14.1. The first-order valence-corrected chi connectivity index (χ1v) is 6.95. The summed E-state index contributed by atoms with van der Waals surface area (Å²) in [5.74, 6) is -0.669. The molecule has 3 nitrogen and oxygen atoms in total. The lowest BCUT2D eigenvalue weighted by Crippen LogP contribution is -2.05. The lowest BCUT2D eigenvalue weighted by atomic mass is 10.2. The van der Waals surface area contributed by atoms with Crippen molar-refractivity contribution >= 4 is 39.6 Å². The lowest BCUT2D eigenvalue weighted by Gasteiger charge is -2.11. The van der Waals surface area contributed by atoms with Crippen LogP contribution in [-0.2, 0) is 0 Å². The molecule has 0 radical (unpaired) electrons. The molecule has 1 heterocycles. The number of halogens is 3. The zero-order valence-electron chi connectivity index (χ0n) is 10.5. The number of nitrogens with zero attached hydrogens (tertiary/aromatic N) is 2. The van der Waals surface area contributed by atoms with Crippen molar-refractivity contribution < 1.29 is 8.78 Å². The Bertz CT molecular complexity index is 807. The van der Waals surface area contributed by atoms with Crippen molar-refractivity contribution in [3.05, 3.63) is 51.1 Å². The fraction of sp³-hybridized carbons (Fsp3) is 0.0714. The average Bonchev–Trinajstić information content (AvgIpc) is 2.67. The van der Waals surface area contributed by atoms with Gasteiger partial charge in [0.05, 0.1) is 20.3 Å². The molecule has 3 aromatic rings. The van der Waals surface area contributed by atoms with Gasteiger partial charge in [0.1, 0.15) is 11.6 Å². The Morgan fingerprint density at radius 2 is 1.95 bits per heavy atom. The number of hydrogen-bond donors (Lipinski definition) is 1. The molecule has 0 saturated carbocycles. The summed E-state index contributed by atoms with van der Waals surface area (Å²) in [5, 5.41) is 0. The largest absolute Gasteiger partial charge is 0.369 e. The molecule has 0 aliphatic carbocycles. The quantitative estimate of drug-likeness (QED) is 0.648. The molecule has 0 unspecified atom stereocenters. The molecule has 0 aliphatic rings. The number of aromatic nitrogens is 2. The van der Waals surface area contributed by atoms with Crippen LogP contribution in [0, 0.1) is 22.1 Å². The summed E-state index contributed by atoms with van der Waals surface area (Å²) in [6, 6.07) is 7.65. The third-order valence-corrected chi connectivity index (χ3v) is 3.96. The van der Waals surface area contributed by atoms with Crippen molar-refractivity contribution in [2.24, 2.45) is 0 Å². The van der Waals surface area contributed by atoms with Gasteiger partial charge in [-0.2, -0.15) is 0 Å². The van der Waals surface area contributed by atoms with Gasteiger partial charge < -0.3 is 5.73 Å². The normalized spacial score (nSPS) is 11.2. The number of fused-ring (bicyclic) bond motifs is 1. The van der Waals surface area contributed by atoms with Crippen LogP contribution in [0.25, 0.3) is 16.7 Å². The van der Waals surface area contributed by atoms with E-state index in [0.29, 0.717) is 25.9 Å². The number of aryl methyl sites for hydroxylation is 1. The number of nitrogens with two attached hydrogens (primary N) is 1. The van der Waals surface area contributed by atoms with Crippen LogP contribution in [0.5, 0.6) is 0 Å². The van der Waals surface area contributed by atoms with Crippen LogP contribution >= 0.6 is 22.6 Å². The van der Waals surface area contributed by atoms with E-state index in [1.165, 1.54) is 16.7 Å². The van der Waals surface area contributed by atoms with E-state index < -0.39 is 5.82 Å². The van der Waals surface area contributed by atoms with Gasteiger partial charge in [-0.25, -0.2) is 13.8 Å². The predicted molar refractivity (Wildman–Crippen MR) is 82.9 cm³/mol.